The molecule has 0 aromatic rings. The van der Waals surface area contributed by atoms with Crippen molar-refractivity contribution in [1.29, 1.82) is 0 Å². The van der Waals surface area contributed by atoms with Gasteiger partial charge in [-0.1, -0.05) is 0 Å². The molecule has 5 heteroatoms. The molecule has 0 saturated carbocycles. The zero-order valence-corrected chi connectivity index (χ0v) is 5.71. The molecule has 2 N–H and O–H groups in total. The topological polar surface area (TPSA) is 57.5 Å². The Labute approximate surface area is 60.6 Å². The molecule has 0 heterocycles. The Morgan fingerprint density at radius 3 is 1.33 bits per heavy atom. The van der Waals surface area contributed by atoms with Gasteiger partial charge >= 0.3 is 6.16 Å². The molecule has 0 amide bonds. The van der Waals surface area contributed by atoms with Gasteiger partial charge in [0, 0.05) is 22.4 Å². The molecular weight excluding hydrogens is 248 g/mol. The minimum atomic E-state index is -1.83. The van der Waals surface area contributed by atoms with Crippen molar-refractivity contribution in [3.63, 3.8) is 0 Å². The van der Waals surface area contributed by atoms with E-state index in [4.69, 9.17) is 15.0 Å². The van der Waals surface area contributed by atoms with Gasteiger partial charge in [-0.3, -0.25) is 0 Å². The SMILES string of the molecule is Br.O=C(O)O.[Ag]. The van der Waals surface area contributed by atoms with Gasteiger partial charge in [0.25, 0.3) is 0 Å². The molecule has 0 spiro atoms. The molecule has 0 aliphatic carbocycles. The van der Waals surface area contributed by atoms with Crippen molar-refractivity contribution in [1.82, 2.24) is 0 Å². The molecule has 0 fully saturated rings. The summed E-state index contributed by atoms with van der Waals surface area (Å²) < 4.78 is 0. The van der Waals surface area contributed by atoms with Crippen molar-refractivity contribution in [3.05, 3.63) is 0 Å². The van der Waals surface area contributed by atoms with Crippen LogP contribution in [-0.4, -0.2) is 16.4 Å². The van der Waals surface area contributed by atoms with E-state index >= 15 is 0 Å². The first-order chi connectivity index (χ1) is 1.73. The van der Waals surface area contributed by atoms with Crippen LogP contribution >= 0.6 is 17.0 Å². The monoisotopic (exact) mass is 249 g/mol. The molecule has 0 unspecified atom stereocenters. The quantitative estimate of drug-likeness (QED) is 0.626. The predicted octanol–water partition coefficient (Wildman–Crippen LogP) is 0.798. The smallest absolute Gasteiger partial charge is 0.450 e. The van der Waals surface area contributed by atoms with Crippen molar-refractivity contribution >= 4 is 23.1 Å². The standard InChI is InChI=1S/CH2O3.Ag.BrH/c2-1(3)4;;/h(H2,2,3,4);;1H. The largest absolute Gasteiger partial charge is 0.503 e. The van der Waals surface area contributed by atoms with Gasteiger partial charge in [0.05, 0.1) is 0 Å². The molecule has 43 valence electrons. The van der Waals surface area contributed by atoms with Crippen LogP contribution in [-0.2, 0) is 22.4 Å². The normalized spacial score (nSPS) is 4.00. The van der Waals surface area contributed by atoms with Crippen LogP contribution in [0.25, 0.3) is 0 Å². The average molecular weight is 251 g/mol. The van der Waals surface area contributed by atoms with Gasteiger partial charge < -0.3 is 10.2 Å². The van der Waals surface area contributed by atoms with Crippen molar-refractivity contribution in [2.45, 2.75) is 0 Å². The minimum absolute atomic E-state index is 0. The molecule has 0 aromatic heterocycles. The van der Waals surface area contributed by atoms with Gasteiger partial charge in [-0.05, 0) is 0 Å². The number of hydrogen-bond donors (Lipinski definition) is 2. The molecule has 1 radical (unpaired) electrons. The Morgan fingerprint density at radius 1 is 1.33 bits per heavy atom. The second kappa shape index (κ2) is 9.09. The molecule has 0 aliphatic heterocycles. The number of carbonyl (C=O) groups is 1. The van der Waals surface area contributed by atoms with E-state index in [1.54, 1.807) is 0 Å². The van der Waals surface area contributed by atoms with Gasteiger partial charge in [-0.25, -0.2) is 4.79 Å². The van der Waals surface area contributed by atoms with Crippen molar-refractivity contribution in [2.24, 2.45) is 0 Å². The summed E-state index contributed by atoms with van der Waals surface area (Å²) in [6.45, 7) is 0. The van der Waals surface area contributed by atoms with Crippen LogP contribution in [0.15, 0.2) is 0 Å². The Balaban J connectivity index is -0.0000000450. The maximum absolute atomic E-state index is 8.56. The molecule has 6 heavy (non-hydrogen) atoms. The molecule has 0 atom stereocenters. The van der Waals surface area contributed by atoms with Gasteiger partial charge in [0.2, 0.25) is 0 Å². The van der Waals surface area contributed by atoms with E-state index in [1.165, 1.54) is 0 Å². The summed E-state index contributed by atoms with van der Waals surface area (Å²) in [6.07, 6.45) is -1.83. The van der Waals surface area contributed by atoms with E-state index in [-0.39, 0.29) is 39.4 Å². The maximum Gasteiger partial charge on any atom is 0.503 e. The summed E-state index contributed by atoms with van der Waals surface area (Å²) in [5.74, 6) is 0. The summed E-state index contributed by atoms with van der Waals surface area (Å²) >= 11 is 0. The first-order valence-electron chi connectivity index (χ1n) is 0.651. The van der Waals surface area contributed by atoms with E-state index < -0.39 is 6.16 Å². The van der Waals surface area contributed by atoms with Crippen LogP contribution < -0.4 is 0 Å². The maximum atomic E-state index is 8.56. The van der Waals surface area contributed by atoms with Gasteiger partial charge in [-0.15, -0.1) is 17.0 Å². The first kappa shape index (κ1) is 16.1. The summed E-state index contributed by atoms with van der Waals surface area (Å²) in [5.41, 5.74) is 0. The fraction of sp³-hybridized carbons (Fsp3) is 0. The van der Waals surface area contributed by atoms with E-state index in [9.17, 15) is 0 Å². The van der Waals surface area contributed by atoms with Crippen LogP contribution in [0.4, 0.5) is 4.79 Å². The first-order valence-corrected chi connectivity index (χ1v) is 0.651. The van der Waals surface area contributed by atoms with Gasteiger partial charge in [-0.2, -0.15) is 0 Å². The molecule has 0 saturated heterocycles. The van der Waals surface area contributed by atoms with Crippen LogP contribution in [0.2, 0.25) is 0 Å². The zero-order valence-electron chi connectivity index (χ0n) is 2.51. The average Bonchev–Trinajstić information content (AvgIpc) is 0.811. The number of rotatable bonds is 0. The van der Waals surface area contributed by atoms with Crippen LogP contribution in [0.1, 0.15) is 0 Å². The Kier molecular flexibility index (Phi) is 24.3. The van der Waals surface area contributed by atoms with Crippen molar-refractivity contribution in [2.75, 3.05) is 0 Å². The van der Waals surface area contributed by atoms with Crippen LogP contribution in [0.3, 0.4) is 0 Å². The number of halogens is 1. The zero-order chi connectivity index (χ0) is 3.58. The van der Waals surface area contributed by atoms with E-state index in [0.29, 0.717) is 0 Å². The van der Waals surface area contributed by atoms with Crippen molar-refractivity contribution in [3.8, 4) is 0 Å². The number of carboxylic acid groups (broad SMARTS) is 2. The molecular formula is CH3AgBrO3. The third-order valence-electron chi connectivity index (χ3n) is 0. The van der Waals surface area contributed by atoms with Crippen LogP contribution in [0, 0.1) is 0 Å². The fourth-order valence-corrected chi connectivity index (χ4v) is 0. The third-order valence-corrected chi connectivity index (χ3v) is 0. The van der Waals surface area contributed by atoms with E-state index in [2.05, 4.69) is 0 Å². The third kappa shape index (κ3) is 228. The summed E-state index contributed by atoms with van der Waals surface area (Å²) in [6, 6.07) is 0. The molecule has 0 rings (SSSR count). The molecule has 0 aliphatic rings. The second-order valence-electron chi connectivity index (χ2n) is 0.283. The number of hydrogen-bond acceptors (Lipinski definition) is 1. The van der Waals surface area contributed by atoms with E-state index in [0.717, 1.165) is 0 Å². The molecule has 3 nitrogen and oxygen atoms in total. The second-order valence-corrected chi connectivity index (χ2v) is 0.283. The summed E-state index contributed by atoms with van der Waals surface area (Å²) in [5, 5.41) is 13.9. The Morgan fingerprint density at radius 2 is 1.33 bits per heavy atom. The van der Waals surface area contributed by atoms with Gasteiger partial charge in [0.15, 0.2) is 0 Å². The Hall–Kier alpha value is 0.490. The Bertz CT molecular complexity index is 33.8. The molecule has 0 bridgehead atoms. The minimum Gasteiger partial charge on any atom is -0.450 e. The predicted molar refractivity (Wildman–Crippen MR) is 21.0 cm³/mol. The summed E-state index contributed by atoms with van der Waals surface area (Å²) in [7, 11) is 0. The molecule has 0 aromatic carbocycles. The van der Waals surface area contributed by atoms with E-state index in [1.807, 2.05) is 0 Å². The fourth-order valence-electron chi connectivity index (χ4n) is 0. The van der Waals surface area contributed by atoms with Crippen LogP contribution in [0.5, 0.6) is 0 Å². The summed E-state index contributed by atoms with van der Waals surface area (Å²) in [4.78, 5) is 8.56. The van der Waals surface area contributed by atoms with Crippen molar-refractivity contribution < 1.29 is 37.4 Å². The van der Waals surface area contributed by atoms with Gasteiger partial charge in [0.1, 0.15) is 0 Å².